The maximum Gasteiger partial charge on any atom is 0.319 e. The van der Waals surface area contributed by atoms with Crippen molar-refractivity contribution in [3.63, 3.8) is 0 Å². The molecule has 2 N–H and O–H groups in total. The largest absolute Gasteiger partial charge is 0.338 e. The molecule has 1 heterocycles. The standard InChI is InChI=1S/C14H15N3OS/c18-14(16-9-10-4-5-10)17-12-3-1-2-11(8-12)13-15-6-7-19-13/h1-3,6-8,10H,4-5,9H2,(H2,16,17,18). The van der Waals surface area contributed by atoms with Crippen molar-refractivity contribution in [3.05, 3.63) is 35.8 Å². The number of rotatable bonds is 4. The van der Waals surface area contributed by atoms with Crippen molar-refractivity contribution < 1.29 is 4.79 Å². The monoisotopic (exact) mass is 273 g/mol. The highest BCUT2D eigenvalue weighted by Gasteiger charge is 2.21. The average molecular weight is 273 g/mol. The highest BCUT2D eigenvalue weighted by molar-refractivity contribution is 7.13. The van der Waals surface area contributed by atoms with Gasteiger partial charge >= 0.3 is 6.03 Å². The zero-order valence-electron chi connectivity index (χ0n) is 10.4. The molecule has 0 atom stereocenters. The van der Waals surface area contributed by atoms with Crippen molar-refractivity contribution in [2.75, 3.05) is 11.9 Å². The van der Waals surface area contributed by atoms with Gasteiger partial charge < -0.3 is 10.6 Å². The van der Waals surface area contributed by atoms with E-state index < -0.39 is 0 Å². The van der Waals surface area contributed by atoms with Crippen LogP contribution in [0.2, 0.25) is 0 Å². The molecule has 0 bridgehead atoms. The van der Waals surface area contributed by atoms with Gasteiger partial charge in [-0.05, 0) is 30.9 Å². The molecule has 1 aliphatic carbocycles. The van der Waals surface area contributed by atoms with Crippen molar-refractivity contribution in [3.8, 4) is 10.6 Å². The Balaban J connectivity index is 1.63. The number of carbonyl (C=O) groups excluding carboxylic acids is 1. The Hall–Kier alpha value is -1.88. The second kappa shape index (κ2) is 5.40. The predicted molar refractivity (Wildman–Crippen MR) is 77.3 cm³/mol. The molecule has 0 unspecified atom stereocenters. The number of carbonyl (C=O) groups is 1. The first-order valence-electron chi connectivity index (χ1n) is 6.36. The fraction of sp³-hybridized carbons (Fsp3) is 0.286. The highest BCUT2D eigenvalue weighted by atomic mass is 32.1. The molecule has 1 aromatic carbocycles. The lowest BCUT2D eigenvalue weighted by Gasteiger charge is -2.07. The summed E-state index contributed by atoms with van der Waals surface area (Å²) in [6.45, 7) is 0.776. The van der Waals surface area contributed by atoms with Crippen molar-refractivity contribution >= 4 is 23.1 Å². The van der Waals surface area contributed by atoms with Crippen LogP contribution >= 0.6 is 11.3 Å². The lowest BCUT2D eigenvalue weighted by atomic mass is 10.2. The van der Waals surface area contributed by atoms with Gasteiger partial charge in [-0.3, -0.25) is 0 Å². The quantitative estimate of drug-likeness (QED) is 0.897. The van der Waals surface area contributed by atoms with E-state index in [1.165, 1.54) is 12.8 Å². The Morgan fingerprint density at radius 1 is 1.42 bits per heavy atom. The fourth-order valence-corrected chi connectivity index (χ4v) is 2.47. The van der Waals surface area contributed by atoms with Crippen LogP contribution in [0.3, 0.4) is 0 Å². The molecule has 2 aromatic rings. The summed E-state index contributed by atoms with van der Waals surface area (Å²) >= 11 is 1.59. The Morgan fingerprint density at radius 3 is 3.05 bits per heavy atom. The highest BCUT2D eigenvalue weighted by Crippen LogP contribution is 2.27. The summed E-state index contributed by atoms with van der Waals surface area (Å²) in [5.41, 5.74) is 1.82. The van der Waals surface area contributed by atoms with Gasteiger partial charge in [0.25, 0.3) is 0 Å². The molecule has 1 aliphatic rings. The molecular weight excluding hydrogens is 258 g/mol. The number of nitrogens with zero attached hydrogens (tertiary/aromatic N) is 1. The van der Waals surface area contributed by atoms with Gasteiger partial charge in [-0.15, -0.1) is 11.3 Å². The van der Waals surface area contributed by atoms with Gasteiger partial charge in [-0.1, -0.05) is 12.1 Å². The Bertz CT molecular complexity index is 564. The van der Waals surface area contributed by atoms with E-state index in [2.05, 4.69) is 15.6 Å². The minimum absolute atomic E-state index is 0.136. The van der Waals surface area contributed by atoms with Gasteiger partial charge in [-0.2, -0.15) is 0 Å². The molecular formula is C14H15N3OS. The van der Waals surface area contributed by atoms with Crippen LogP contribution < -0.4 is 10.6 Å². The van der Waals surface area contributed by atoms with Gasteiger partial charge in [0.2, 0.25) is 0 Å². The first-order valence-corrected chi connectivity index (χ1v) is 7.24. The molecule has 4 nitrogen and oxygen atoms in total. The molecule has 1 aromatic heterocycles. The van der Waals surface area contributed by atoms with E-state index in [1.54, 1.807) is 17.5 Å². The third-order valence-corrected chi connectivity index (χ3v) is 3.87. The summed E-state index contributed by atoms with van der Waals surface area (Å²) in [4.78, 5) is 16.0. The molecule has 19 heavy (non-hydrogen) atoms. The van der Waals surface area contributed by atoms with Crippen molar-refractivity contribution in [1.29, 1.82) is 0 Å². The van der Waals surface area contributed by atoms with Gasteiger partial charge in [0.15, 0.2) is 0 Å². The summed E-state index contributed by atoms with van der Waals surface area (Å²) in [6.07, 6.45) is 4.25. The third-order valence-electron chi connectivity index (χ3n) is 3.05. The topological polar surface area (TPSA) is 54.0 Å². The van der Waals surface area contributed by atoms with Crippen molar-refractivity contribution in [1.82, 2.24) is 10.3 Å². The number of thiazole rings is 1. The van der Waals surface area contributed by atoms with Gasteiger partial charge in [0, 0.05) is 29.4 Å². The number of hydrogen-bond acceptors (Lipinski definition) is 3. The van der Waals surface area contributed by atoms with Crippen LogP contribution in [0.5, 0.6) is 0 Å². The van der Waals surface area contributed by atoms with E-state index in [0.29, 0.717) is 5.92 Å². The Kier molecular flexibility index (Phi) is 3.46. The van der Waals surface area contributed by atoms with Crippen LogP contribution in [0.1, 0.15) is 12.8 Å². The number of aromatic nitrogens is 1. The number of urea groups is 1. The molecule has 1 saturated carbocycles. The lowest BCUT2D eigenvalue weighted by Crippen LogP contribution is -2.30. The first kappa shape index (κ1) is 12.2. The van der Waals surface area contributed by atoms with Crippen LogP contribution in [-0.2, 0) is 0 Å². The number of anilines is 1. The molecule has 2 amide bonds. The number of nitrogens with one attached hydrogen (secondary N) is 2. The maximum absolute atomic E-state index is 11.7. The minimum atomic E-state index is -0.136. The molecule has 1 fully saturated rings. The van der Waals surface area contributed by atoms with Crippen LogP contribution in [-0.4, -0.2) is 17.6 Å². The second-order valence-electron chi connectivity index (χ2n) is 4.70. The summed E-state index contributed by atoms with van der Waals surface area (Å²) < 4.78 is 0. The first-order chi connectivity index (χ1) is 9.31. The third kappa shape index (κ3) is 3.32. The number of amides is 2. The smallest absolute Gasteiger partial charge is 0.319 e. The van der Waals surface area contributed by atoms with Crippen LogP contribution in [0.25, 0.3) is 10.6 Å². The Morgan fingerprint density at radius 2 is 2.32 bits per heavy atom. The minimum Gasteiger partial charge on any atom is -0.338 e. The average Bonchev–Trinajstić information content (AvgIpc) is 3.09. The molecule has 5 heteroatoms. The normalized spacial score (nSPS) is 14.1. The number of hydrogen-bond donors (Lipinski definition) is 2. The van der Waals surface area contributed by atoms with Crippen molar-refractivity contribution in [2.24, 2.45) is 5.92 Å². The summed E-state index contributed by atoms with van der Waals surface area (Å²) in [6, 6.07) is 7.60. The van der Waals surface area contributed by atoms with Crippen LogP contribution in [0.4, 0.5) is 10.5 Å². The van der Waals surface area contributed by atoms with E-state index in [-0.39, 0.29) is 6.03 Å². The summed E-state index contributed by atoms with van der Waals surface area (Å²) in [5, 5.41) is 8.64. The molecule has 0 radical (unpaired) electrons. The van der Waals surface area contributed by atoms with Crippen LogP contribution in [0, 0.1) is 5.92 Å². The van der Waals surface area contributed by atoms with E-state index in [9.17, 15) is 4.79 Å². The molecule has 0 aliphatic heterocycles. The van der Waals surface area contributed by atoms with E-state index in [4.69, 9.17) is 0 Å². The number of benzene rings is 1. The summed E-state index contributed by atoms with van der Waals surface area (Å²) in [7, 11) is 0. The van der Waals surface area contributed by atoms with Gasteiger partial charge in [0.1, 0.15) is 5.01 Å². The van der Waals surface area contributed by atoms with Gasteiger partial charge in [0.05, 0.1) is 0 Å². The van der Waals surface area contributed by atoms with Crippen molar-refractivity contribution in [2.45, 2.75) is 12.8 Å². The Labute approximate surface area is 115 Å². The maximum atomic E-state index is 11.7. The van der Waals surface area contributed by atoms with E-state index >= 15 is 0 Å². The van der Waals surface area contributed by atoms with E-state index in [1.807, 2.05) is 29.6 Å². The predicted octanol–water partition coefficient (Wildman–Crippen LogP) is 3.34. The zero-order valence-corrected chi connectivity index (χ0v) is 11.2. The zero-order chi connectivity index (χ0) is 13.1. The second-order valence-corrected chi connectivity index (χ2v) is 5.59. The molecule has 0 spiro atoms. The van der Waals surface area contributed by atoms with Gasteiger partial charge in [-0.25, -0.2) is 9.78 Å². The SMILES string of the molecule is O=C(NCC1CC1)Nc1cccc(-c2nccs2)c1. The van der Waals surface area contributed by atoms with E-state index in [0.717, 1.165) is 22.8 Å². The fourth-order valence-electron chi connectivity index (χ4n) is 1.83. The molecule has 98 valence electrons. The summed E-state index contributed by atoms with van der Waals surface area (Å²) in [5.74, 6) is 0.687. The molecule has 0 saturated heterocycles. The lowest BCUT2D eigenvalue weighted by molar-refractivity contribution is 0.251. The van der Waals surface area contributed by atoms with Crippen LogP contribution in [0.15, 0.2) is 35.8 Å². The molecule has 3 rings (SSSR count).